The molecule has 0 aromatic heterocycles. The Kier molecular flexibility index (Phi) is 4.42. The lowest BCUT2D eigenvalue weighted by atomic mass is 9.75. The summed E-state index contributed by atoms with van der Waals surface area (Å²) in [6, 6.07) is 8.92. The third-order valence-corrected chi connectivity index (χ3v) is 4.84. The molecule has 0 amide bonds. The molecule has 2 nitrogen and oxygen atoms in total. The van der Waals surface area contributed by atoms with Gasteiger partial charge in [-0.15, -0.1) is 11.8 Å². The molecule has 1 aromatic carbocycles. The Morgan fingerprint density at radius 2 is 2.00 bits per heavy atom. The van der Waals surface area contributed by atoms with E-state index >= 15 is 0 Å². The number of anilines is 1. The second kappa shape index (κ2) is 5.88. The van der Waals surface area contributed by atoms with E-state index in [4.69, 9.17) is 0 Å². The number of nitrogens with zero attached hydrogens (tertiary/aromatic N) is 1. The van der Waals surface area contributed by atoms with Crippen LogP contribution in [0.4, 0.5) is 5.69 Å². The van der Waals surface area contributed by atoms with Gasteiger partial charge in [0, 0.05) is 10.9 Å². The summed E-state index contributed by atoms with van der Waals surface area (Å²) in [7, 11) is 0. The molecule has 1 aliphatic carbocycles. The Bertz CT molecular complexity index is 478. The maximum absolute atomic E-state index is 9.34. The molecule has 1 aliphatic rings. The molecule has 2 rings (SSSR count). The number of nitrogens with one attached hydrogen (secondary N) is 1. The van der Waals surface area contributed by atoms with Crippen LogP contribution in [-0.2, 0) is 0 Å². The molecular formula is C16H22N2S. The molecule has 0 spiro atoms. The lowest BCUT2D eigenvalue weighted by Gasteiger charge is -2.35. The molecule has 1 saturated carbocycles. The maximum atomic E-state index is 9.34. The van der Waals surface area contributed by atoms with Crippen LogP contribution >= 0.6 is 11.8 Å². The molecule has 1 aromatic rings. The zero-order chi connectivity index (χ0) is 13.9. The Morgan fingerprint density at radius 3 is 2.58 bits per heavy atom. The highest BCUT2D eigenvalue weighted by Gasteiger charge is 2.27. The molecule has 0 bridgehead atoms. The predicted octanol–water partition coefficient (Wildman–Crippen LogP) is 4.66. The Morgan fingerprint density at radius 1 is 1.32 bits per heavy atom. The van der Waals surface area contributed by atoms with E-state index in [1.165, 1.54) is 25.7 Å². The summed E-state index contributed by atoms with van der Waals surface area (Å²) in [4.78, 5) is 1.06. The number of nitriles is 1. The maximum Gasteiger partial charge on any atom is 0.102 e. The third-order valence-electron chi connectivity index (χ3n) is 4.06. The van der Waals surface area contributed by atoms with Crippen molar-refractivity contribution < 1.29 is 0 Å². The third kappa shape index (κ3) is 3.45. The van der Waals surface area contributed by atoms with Crippen LogP contribution in [0.15, 0.2) is 23.1 Å². The summed E-state index contributed by atoms with van der Waals surface area (Å²) in [5, 5.41) is 12.9. The van der Waals surface area contributed by atoms with Gasteiger partial charge < -0.3 is 5.32 Å². The zero-order valence-electron chi connectivity index (χ0n) is 12.0. The quantitative estimate of drug-likeness (QED) is 0.814. The molecule has 0 aliphatic heterocycles. The minimum absolute atomic E-state index is 0.483. The molecule has 1 N–H and O–H groups in total. The normalized spacial score (nSPS) is 18.8. The second-order valence-electron chi connectivity index (χ2n) is 6.08. The lowest BCUT2D eigenvalue weighted by Crippen LogP contribution is -2.30. The monoisotopic (exact) mass is 274 g/mol. The SMILES string of the molecule is CSc1cccc(NC2CCC(C)(C)CC2)c1C#N. The fraction of sp³-hybridized carbons (Fsp3) is 0.562. The molecule has 1 fully saturated rings. The molecule has 0 atom stereocenters. The van der Waals surface area contributed by atoms with E-state index < -0.39 is 0 Å². The van der Waals surface area contributed by atoms with Crippen molar-refractivity contribution in [1.29, 1.82) is 5.26 Å². The van der Waals surface area contributed by atoms with Gasteiger partial charge in [-0.05, 0) is 49.5 Å². The Hall–Kier alpha value is -1.14. The summed E-state index contributed by atoms with van der Waals surface area (Å²) < 4.78 is 0. The summed E-state index contributed by atoms with van der Waals surface area (Å²) in [6.07, 6.45) is 6.93. The zero-order valence-corrected chi connectivity index (χ0v) is 12.8. The molecule has 3 heteroatoms. The molecular weight excluding hydrogens is 252 g/mol. The van der Waals surface area contributed by atoms with E-state index in [2.05, 4.69) is 25.2 Å². The van der Waals surface area contributed by atoms with Crippen molar-refractivity contribution in [3.63, 3.8) is 0 Å². The average Bonchev–Trinajstić information content (AvgIpc) is 2.40. The first-order chi connectivity index (χ1) is 9.05. The van der Waals surface area contributed by atoms with Crippen LogP contribution < -0.4 is 5.32 Å². The van der Waals surface area contributed by atoms with E-state index in [0.29, 0.717) is 11.5 Å². The van der Waals surface area contributed by atoms with Crippen LogP contribution in [0.3, 0.4) is 0 Å². The highest BCUT2D eigenvalue weighted by atomic mass is 32.2. The highest BCUT2D eigenvalue weighted by Crippen LogP contribution is 2.37. The van der Waals surface area contributed by atoms with Gasteiger partial charge in [-0.25, -0.2) is 0 Å². The first-order valence-corrected chi connectivity index (χ1v) is 8.12. The largest absolute Gasteiger partial charge is 0.381 e. The van der Waals surface area contributed by atoms with E-state index in [1.807, 2.05) is 24.5 Å². The first kappa shape index (κ1) is 14.3. The number of hydrogen-bond acceptors (Lipinski definition) is 3. The average molecular weight is 274 g/mol. The lowest BCUT2D eigenvalue weighted by molar-refractivity contribution is 0.232. The summed E-state index contributed by atoms with van der Waals surface area (Å²) in [6.45, 7) is 4.69. The minimum Gasteiger partial charge on any atom is -0.381 e. The van der Waals surface area contributed by atoms with Gasteiger partial charge in [-0.3, -0.25) is 0 Å². The van der Waals surface area contributed by atoms with Gasteiger partial charge in [-0.1, -0.05) is 19.9 Å². The van der Waals surface area contributed by atoms with Crippen LogP contribution in [-0.4, -0.2) is 12.3 Å². The minimum atomic E-state index is 0.483. The number of thioether (sulfide) groups is 1. The van der Waals surface area contributed by atoms with E-state index in [9.17, 15) is 5.26 Å². The Balaban J connectivity index is 2.10. The van der Waals surface area contributed by atoms with Gasteiger partial charge in [0.1, 0.15) is 6.07 Å². The van der Waals surface area contributed by atoms with Gasteiger partial charge in [0.2, 0.25) is 0 Å². The summed E-state index contributed by atoms with van der Waals surface area (Å²) >= 11 is 1.63. The highest BCUT2D eigenvalue weighted by molar-refractivity contribution is 7.98. The second-order valence-corrected chi connectivity index (χ2v) is 6.93. The van der Waals surface area contributed by atoms with Crippen LogP contribution in [0.1, 0.15) is 45.1 Å². The molecule has 0 saturated heterocycles. The van der Waals surface area contributed by atoms with E-state index in [0.717, 1.165) is 16.1 Å². The van der Waals surface area contributed by atoms with Crippen molar-refractivity contribution in [2.75, 3.05) is 11.6 Å². The van der Waals surface area contributed by atoms with Crippen LogP contribution in [0.25, 0.3) is 0 Å². The van der Waals surface area contributed by atoms with Crippen molar-refractivity contribution in [2.45, 2.75) is 50.5 Å². The van der Waals surface area contributed by atoms with Gasteiger partial charge in [-0.2, -0.15) is 5.26 Å². The van der Waals surface area contributed by atoms with Crippen LogP contribution in [0, 0.1) is 16.7 Å². The van der Waals surface area contributed by atoms with Crippen molar-refractivity contribution in [1.82, 2.24) is 0 Å². The number of rotatable bonds is 3. The molecule has 102 valence electrons. The molecule has 0 heterocycles. The number of benzene rings is 1. The molecule has 19 heavy (non-hydrogen) atoms. The summed E-state index contributed by atoms with van der Waals surface area (Å²) in [5.74, 6) is 0. The smallest absolute Gasteiger partial charge is 0.102 e. The Labute approximate surface area is 120 Å². The van der Waals surface area contributed by atoms with Gasteiger partial charge in [0.05, 0.1) is 11.3 Å². The van der Waals surface area contributed by atoms with Crippen molar-refractivity contribution in [3.8, 4) is 6.07 Å². The molecule has 0 radical (unpaired) electrons. The first-order valence-electron chi connectivity index (χ1n) is 6.89. The molecule has 0 unspecified atom stereocenters. The summed E-state index contributed by atoms with van der Waals surface area (Å²) in [5.41, 5.74) is 2.27. The van der Waals surface area contributed by atoms with E-state index in [-0.39, 0.29) is 0 Å². The van der Waals surface area contributed by atoms with Gasteiger partial charge in [0.15, 0.2) is 0 Å². The standard InChI is InChI=1S/C16H22N2S/c1-16(2)9-7-12(8-10-16)18-14-5-4-6-15(19-3)13(14)11-17/h4-6,12,18H,7-10H2,1-3H3. The van der Waals surface area contributed by atoms with E-state index in [1.54, 1.807) is 11.8 Å². The van der Waals surface area contributed by atoms with Crippen LogP contribution in [0.2, 0.25) is 0 Å². The van der Waals surface area contributed by atoms with Crippen LogP contribution in [0.5, 0.6) is 0 Å². The fourth-order valence-electron chi connectivity index (χ4n) is 2.70. The topological polar surface area (TPSA) is 35.8 Å². The van der Waals surface area contributed by atoms with Gasteiger partial charge >= 0.3 is 0 Å². The van der Waals surface area contributed by atoms with Gasteiger partial charge in [0.25, 0.3) is 0 Å². The fourth-order valence-corrected chi connectivity index (χ4v) is 3.27. The van der Waals surface area contributed by atoms with Crippen molar-refractivity contribution in [2.24, 2.45) is 5.41 Å². The number of hydrogen-bond donors (Lipinski definition) is 1. The van der Waals surface area contributed by atoms with Crippen molar-refractivity contribution >= 4 is 17.4 Å². The van der Waals surface area contributed by atoms with Crippen molar-refractivity contribution in [3.05, 3.63) is 23.8 Å². The predicted molar refractivity (Wildman–Crippen MR) is 82.6 cm³/mol.